The number of benzene rings is 1. The fourth-order valence-electron chi connectivity index (χ4n) is 1.46. The molecule has 2 rings (SSSR count). The molecule has 1 nitrogen and oxygen atoms in total. The standard InChI is InChI=1S/C9H9ClFNS/c10-7-2-6-5(1-8(7)11)3-13-4-9(6)12/h1-2,9H,3-4,12H2. The molecule has 1 aliphatic heterocycles. The highest BCUT2D eigenvalue weighted by molar-refractivity contribution is 7.98. The van der Waals surface area contributed by atoms with E-state index in [0.29, 0.717) is 0 Å². The van der Waals surface area contributed by atoms with Crippen molar-refractivity contribution in [2.75, 3.05) is 5.75 Å². The average Bonchev–Trinajstić information content (AvgIpc) is 2.09. The second kappa shape index (κ2) is 3.48. The molecule has 13 heavy (non-hydrogen) atoms. The number of nitrogens with two attached hydrogens (primary N) is 1. The molecule has 0 fully saturated rings. The Morgan fingerprint density at radius 2 is 2.31 bits per heavy atom. The number of hydrogen-bond acceptors (Lipinski definition) is 2. The smallest absolute Gasteiger partial charge is 0.142 e. The SMILES string of the molecule is NC1CSCc2cc(F)c(Cl)cc21. The summed E-state index contributed by atoms with van der Waals surface area (Å²) in [6.45, 7) is 0. The maximum absolute atomic E-state index is 13.1. The van der Waals surface area contributed by atoms with Crippen molar-refractivity contribution in [3.05, 3.63) is 34.1 Å². The lowest BCUT2D eigenvalue weighted by Crippen LogP contribution is -2.19. The molecule has 1 atom stereocenters. The van der Waals surface area contributed by atoms with E-state index < -0.39 is 0 Å². The fraction of sp³-hybridized carbons (Fsp3) is 0.333. The van der Waals surface area contributed by atoms with Gasteiger partial charge in [0, 0.05) is 17.5 Å². The van der Waals surface area contributed by atoms with Gasteiger partial charge in [-0.1, -0.05) is 11.6 Å². The molecule has 0 aromatic heterocycles. The Bertz CT molecular complexity index is 343. The van der Waals surface area contributed by atoms with Gasteiger partial charge >= 0.3 is 0 Å². The monoisotopic (exact) mass is 217 g/mol. The Morgan fingerprint density at radius 3 is 3.08 bits per heavy atom. The van der Waals surface area contributed by atoms with Crippen molar-refractivity contribution >= 4 is 23.4 Å². The number of thioether (sulfide) groups is 1. The summed E-state index contributed by atoms with van der Waals surface area (Å²) in [7, 11) is 0. The highest BCUT2D eigenvalue weighted by Crippen LogP contribution is 2.33. The number of fused-ring (bicyclic) bond motifs is 1. The van der Waals surface area contributed by atoms with Crippen molar-refractivity contribution in [3.8, 4) is 0 Å². The molecule has 0 spiro atoms. The maximum Gasteiger partial charge on any atom is 0.142 e. The van der Waals surface area contributed by atoms with Gasteiger partial charge in [0.1, 0.15) is 5.82 Å². The van der Waals surface area contributed by atoms with Gasteiger partial charge in [-0.05, 0) is 23.3 Å². The highest BCUT2D eigenvalue weighted by Gasteiger charge is 2.18. The highest BCUT2D eigenvalue weighted by atomic mass is 35.5. The van der Waals surface area contributed by atoms with Gasteiger partial charge < -0.3 is 5.73 Å². The van der Waals surface area contributed by atoms with Crippen LogP contribution >= 0.6 is 23.4 Å². The second-order valence-corrected chi connectivity index (χ2v) is 4.52. The molecule has 70 valence electrons. The van der Waals surface area contributed by atoms with Crippen LogP contribution in [0.1, 0.15) is 17.2 Å². The lowest BCUT2D eigenvalue weighted by Gasteiger charge is -2.21. The van der Waals surface area contributed by atoms with E-state index in [2.05, 4.69) is 0 Å². The van der Waals surface area contributed by atoms with Crippen molar-refractivity contribution < 1.29 is 4.39 Å². The summed E-state index contributed by atoms with van der Waals surface area (Å²) in [5, 5.41) is 0.168. The summed E-state index contributed by atoms with van der Waals surface area (Å²) >= 11 is 7.40. The summed E-state index contributed by atoms with van der Waals surface area (Å²) < 4.78 is 13.1. The quantitative estimate of drug-likeness (QED) is 0.723. The van der Waals surface area contributed by atoms with Gasteiger partial charge in [0.05, 0.1) is 5.02 Å². The van der Waals surface area contributed by atoms with E-state index in [4.69, 9.17) is 17.3 Å². The average molecular weight is 218 g/mol. The first-order chi connectivity index (χ1) is 6.18. The van der Waals surface area contributed by atoms with Gasteiger partial charge in [-0.2, -0.15) is 11.8 Å². The molecule has 2 N–H and O–H groups in total. The van der Waals surface area contributed by atoms with Crippen LogP contribution in [0.4, 0.5) is 4.39 Å². The summed E-state index contributed by atoms with van der Waals surface area (Å²) in [6, 6.07) is 3.13. The summed E-state index contributed by atoms with van der Waals surface area (Å²) in [5.74, 6) is 1.36. The molecule has 0 saturated carbocycles. The molecule has 1 heterocycles. The van der Waals surface area contributed by atoms with Gasteiger partial charge in [0.15, 0.2) is 0 Å². The largest absolute Gasteiger partial charge is 0.323 e. The van der Waals surface area contributed by atoms with E-state index in [-0.39, 0.29) is 16.9 Å². The van der Waals surface area contributed by atoms with Gasteiger partial charge in [0.25, 0.3) is 0 Å². The van der Waals surface area contributed by atoms with E-state index in [9.17, 15) is 4.39 Å². The van der Waals surface area contributed by atoms with Crippen molar-refractivity contribution in [1.29, 1.82) is 0 Å². The van der Waals surface area contributed by atoms with Crippen molar-refractivity contribution in [2.45, 2.75) is 11.8 Å². The molecule has 0 amide bonds. The molecule has 0 saturated heterocycles. The minimum atomic E-state index is -0.352. The summed E-state index contributed by atoms with van der Waals surface area (Å²) in [5.41, 5.74) is 7.83. The predicted octanol–water partition coefficient (Wildman–Crippen LogP) is 2.73. The van der Waals surface area contributed by atoms with E-state index >= 15 is 0 Å². The van der Waals surface area contributed by atoms with E-state index in [0.717, 1.165) is 22.6 Å². The zero-order chi connectivity index (χ0) is 9.42. The normalized spacial score (nSPS) is 21.3. The Kier molecular flexibility index (Phi) is 2.49. The fourth-order valence-corrected chi connectivity index (χ4v) is 2.65. The first-order valence-electron chi connectivity index (χ1n) is 3.99. The Labute approximate surface area is 85.5 Å². The third-order valence-corrected chi connectivity index (χ3v) is 3.54. The minimum Gasteiger partial charge on any atom is -0.323 e. The molecule has 0 radical (unpaired) electrons. The van der Waals surface area contributed by atoms with E-state index in [1.165, 1.54) is 6.07 Å². The zero-order valence-electron chi connectivity index (χ0n) is 6.89. The molecule has 4 heteroatoms. The predicted molar refractivity (Wildman–Crippen MR) is 54.5 cm³/mol. The van der Waals surface area contributed by atoms with Gasteiger partial charge in [-0.25, -0.2) is 4.39 Å². The van der Waals surface area contributed by atoms with Gasteiger partial charge in [-0.3, -0.25) is 0 Å². The van der Waals surface area contributed by atoms with Crippen LogP contribution in [0.15, 0.2) is 12.1 Å². The molecular formula is C9H9ClFNS. The zero-order valence-corrected chi connectivity index (χ0v) is 8.46. The van der Waals surface area contributed by atoms with E-state index in [1.54, 1.807) is 17.8 Å². The van der Waals surface area contributed by atoms with Crippen LogP contribution < -0.4 is 5.73 Å². The van der Waals surface area contributed by atoms with Crippen LogP contribution in [0.25, 0.3) is 0 Å². The lowest BCUT2D eigenvalue weighted by atomic mass is 10.0. The number of rotatable bonds is 0. The van der Waals surface area contributed by atoms with Crippen molar-refractivity contribution in [3.63, 3.8) is 0 Å². The van der Waals surface area contributed by atoms with E-state index in [1.807, 2.05) is 0 Å². The third-order valence-electron chi connectivity index (χ3n) is 2.14. The second-order valence-electron chi connectivity index (χ2n) is 3.09. The summed E-state index contributed by atoms with van der Waals surface area (Å²) in [4.78, 5) is 0. The molecule has 1 aliphatic rings. The Hall–Kier alpha value is -0.250. The summed E-state index contributed by atoms with van der Waals surface area (Å²) in [6.07, 6.45) is 0. The van der Waals surface area contributed by atoms with Crippen LogP contribution in [-0.4, -0.2) is 5.75 Å². The van der Waals surface area contributed by atoms with Crippen LogP contribution in [0.5, 0.6) is 0 Å². The van der Waals surface area contributed by atoms with Crippen LogP contribution in [0, 0.1) is 5.82 Å². The first-order valence-corrected chi connectivity index (χ1v) is 5.53. The van der Waals surface area contributed by atoms with Crippen LogP contribution in [0.3, 0.4) is 0 Å². The molecule has 1 aromatic carbocycles. The lowest BCUT2D eigenvalue weighted by molar-refractivity contribution is 0.624. The Morgan fingerprint density at radius 1 is 1.54 bits per heavy atom. The topological polar surface area (TPSA) is 26.0 Å². The molecular weight excluding hydrogens is 209 g/mol. The van der Waals surface area contributed by atoms with Gasteiger partial charge in [-0.15, -0.1) is 0 Å². The van der Waals surface area contributed by atoms with Crippen molar-refractivity contribution in [2.24, 2.45) is 5.73 Å². The minimum absolute atomic E-state index is 0.00755. The Balaban J connectivity index is 2.52. The van der Waals surface area contributed by atoms with Gasteiger partial charge in [0.2, 0.25) is 0 Å². The van der Waals surface area contributed by atoms with Crippen LogP contribution in [-0.2, 0) is 5.75 Å². The maximum atomic E-state index is 13.1. The number of hydrogen-bond donors (Lipinski definition) is 1. The van der Waals surface area contributed by atoms with Crippen molar-refractivity contribution in [1.82, 2.24) is 0 Å². The first kappa shape index (κ1) is 9.31. The third kappa shape index (κ3) is 1.68. The number of halogens is 2. The molecule has 1 aromatic rings. The molecule has 0 bridgehead atoms. The molecule has 0 aliphatic carbocycles. The molecule has 1 unspecified atom stereocenters. The van der Waals surface area contributed by atoms with Crippen LogP contribution in [0.2, 0.25) is 5.02 Å².